The number of halogens is 4. The van der Waals surface area contributed by atoms with Gasteiger partial charge >= 0.3 is 0 Å². The number of carbonyl (C=O) groups is 4. The summed E-state index contributed by atoms with van der Waals surface area (Å²) in [6.07, 6.45) is 21.6. The number of pyridine rings is 4. The molecule has 34 heteroatoms. The van der Waals surface area contributed by atoms with Crippen LogP contribution in [0.2, 0.25) is 0 Å². The van der Waals surface area contributed by atoms with Crippen LogP contribution >= 0.6 is 0 Å². The van der Waals surface area contributed by atoms with Crippen molar-refractivity contribution in [2.75, 3.05) is 107 Å². The van der Waals surface area contributed by atoms with Crippen molar-refractivity contribution in [2.45, 2.75) is 204 Å². The second kappa shape index (κ2) is 39.5. The topological polar surface area (TPSA) is 295 Å². The molecule has 20 heterocycles. The van der Waals surface area contributed by atoms with Gasteiger partial charge in [0.2, 0.25) is 23.6 Å². The van der Waals surface area contributed by atoms with Gasteiger partial charge in [0, 0.05) is 248 Å². The minimum absolute atomic E-state index is 0.0387. The number of benzene rings is 4. The highest BCUT2D eigenvalue weighted by atomic mass is 19.1. The molecule has 0 N–H and O–H groups in total. The Balaban J connectivity index is 0.000000112. The van der Waals surface area contributed by atoms with Crippen LogP contribution in [0.1, 0.15) is 233 Å². The Morgan fingerprint density at radius 3 is 0.817 bits per heavy atom. The first-order valence-corrected chi connectivity index (χ1v) is 50.0. The van der Waals surface area contributed by atoms with Gasteiger partial charge in [-0.2, -0.15) is 10.2 Å². The summed E-state index contributed by atoms with van der Waals surface area (Å²) in [5.41, 5.74) is 16.6. The van der Waals surface area contributed by atoms with E-state index in [0.29, 0.717) is 158 Å². The third-order valence-electron chi connectivity index (χ3n) is 30.7. The predicted molar refractivity (Wildman–Crippen MR) is 527 cm³/mol. The Kier molecular flexibility index (Phi) is 26.5. The van der Waals surface area contributed by atoms with Crippen molar-refractivity contribution in [3.63, 3.8) is 0 Å². The molecule has 10 aliphatic rings. The van der Waals surface area contributed by atoms with E-state index in [4.69, 9.17) is 68.3 Å². The number of fused-ring (bicyclic) bond motifs is 8. The Hall–Kier alpha value is -12.9. The van der Waals surface area contributed by atoms with Crippen molar-refractivity contribution < 1.29 is 65.2 Å². The van der Waals surface area contributed by atoms with E-state index in [1.54, 1.807) is 94.1 Å². The third-order valence-corrected chi connectivity index (χ3v) is 30.7. The zero-order valence-corrected chi connectivity index (χ0v) is 82.5. The van der Waals surface area contributed by atoms with Crippen LogP contribution in [0.3, 0.4) is 0 Å². The van der Waals surface area contributed by atoms with E-state index < -0.39 is 12.1 Å². The summed E-state index contributed by atoms with van der Waals surface area (Å²) in [5, 5.41) is 13.4. The standard InChI is InChI=1S/2C27H29FN6O2.2C27H31FN4O3/c2*1-15-11-19-21(30-24(15)18-12-29-33(4)13-18)6-5-20(28)23(19)25-22-14-32(3)27(35)16(2)34(22)26(31-25)17-7-9-36-10-8-17;2*1-16-27(33)31(2)15-23-25(30-26(32(16)23)18-7-11-35-12-8-18)24-20-14-29-22(17-5-9-34-10-6-17)13-19(20)3-4-21(24)28/h2*5-6,11-13,16-17H,7-10,14H2,1-4H3;2*3-4,13-14,16-18H,5-12,15H2,1-2H3/t4*16-/m1010/s1. The molecule has 0 radical (unpaired) electrons. The van der Waals surface area contributed by atoms with E-state index in [9.17, 15) is 19.2 Å². The first-order valence-electron chi connectivity index (χ1n) is 50.0. The van der Waals surface area contributed by atoms with E-state index in [-0.39, 0.29) is 82.7 Å². The molecule has 4 amide bonds. The van der Waals surface area contributed by atoms with Gasteiger partial charge in [-0.25, -0.2) is 47.5 Å². The van der Waals surface area contributed by atoms with Gasteiger partial charge in [-0.05, 0) is 201 Å². The molecule has 0 spiro atoms. The molecule has 6 fully saturated rings. The van der Waals surface area contributed by atoms with Crippen LogP contribution in [0, 0.1) is 37.1 Å². The fraction of sp³-hybridized carbons (Fsp3) is 0.463. The summed E-state index contributed by atoms with van der Waals surface area (Å²) in [5.74, 6) is 3.74. The summed E-state index contributed by atoms with van der Waals surface area (Å²) in [6.45, 7) is 21.5. The van der Waals surface area contributed by atoms with Gasteiger partial charge in [0.05, 0.1) is 107 Å². The van der Waals surface area contributed by atoms with Gasteiger partial charge in [-0.1, -0.05) is 12.1 Å². The number of hydrogen-bond donors (Lipinski definition) is 0. The molecule has 14 aromatic rings. The first-order chi connectivity index (χ1) is 68.7. The Bertz CT molecular complexity index is 6820. The van der Waals surface area contributed by atoms with Crippen molar-refractivity contribution in [2.24, 2.45) is 14.1 Å². The van der Waals surface area contributed by atoms with Crippen molar-refractivity contribution in [3.05, 3.63) is 202 Å². The number of likely N-dealkylation sites (N-methyl/N-ethyl adjacent to an activating group) is 4. The van der Waals surface area contributed by atoms with Crippen LogP contribution in [-0.4, -0.2) is 228 Å². The minimum atomic E-state index is -0.395. The quantitative estimate of drug-likeness (QED) is 0.103. The maximum absolute atomic E-state index is 15.7. The molecule has 0 saturated carbocycles. The summed E-state index contributed by atoms with van der Waals surface area (Å²) < 4.78 is 107. The maximum atomic E-state index is 15.7. The molecular formula is C108H120F4N20O10. The lowest BCUT2D eigenvalue weighted by Gasteiger charge is -2.32. The number of aromatic nitrogens is 16. The van der Waals surface area contributed by atoms with Crippen molar-refractivity contribution >= 4 is 67.0 Å². The van der Waals surface area contributed by atoms with E-state index in [0.717, 1.165) is 216 Å². The molecule has 142 heavy (non-hydrogen) atoms. The van der Waals surface area contributed by atoms with Crippen LogP contribution in [-0.2, 0) is 87.9 Å². The molecule has 740 valence electrons. The third kappa shape index (κ3) is 17.6. The lowest BCUT2D eigenvalue weighted by Crippen LogP contribution is -2.40. The van der Waals surface area contributed by atoms with E-state index >= 15 is 17.6 Å². The first kappa shape index (κ1) is 95.3. The smallest absolute Gasteiger partial charge is 0.245 e. The number of carbonyl (C=O) groups excluding carboxylic acids is 4. The monoisotopic (exact) mass is 1930 g/mol. The van der Waals surface area contributed by atoms with E-state index in [1.165, 1.54) is 24.3 Å². The number of nitrogens with zero attached hydrogens (tertiary/aromatic N) is 20. The zero-order chi connectivity index (χ0) is 98.5. The molecule has 24 rings (SSSR count). The second-order valence-corrected chi connectivity index (χ2v) is 39.9. The number of rotatable bonds is 12. The normalized spacial score (nSPS) is 20.4. The van der Waals surface area contributed by atoms with Gasteiger partial charge in [0.1, 0.15) is 70.7 Å². The molecule has 4 aromatic carbocycles. The number of amides is 4. The number of hydrogen-bond acceptors (Lipinski definition) is 20. The molecule has 0 aliphatic carbocycles. The van der Waals surface area contributed by atoms with Gasteiger partial charge < -0.3 is 66.3 Å². The largest absolute Gasteiger partial charge is 0.381 e. The van der Waals surface area contributed by atoms with Crippen molar-refractivity contribution in [1.29, 1.82) is 0 Å². The van der Waals surface area contributed by atoms with Gasteiger partial charge in [0.25, 0.3) is 0 Å². The molecule has 0 bridgehead atoms. The molecule has 0 unspecified atom stereocenters. The summed E-state index contributed by atoms with van der Waals surface area (Å²) in [6, 6.07) is 19.7. The lowest BCUT2D eigenvalue weighted by molar-refractivity contribution is -0.136. The zero-order valence-electron chi connectivity index (χ0n) is 82.5. The van der Waals surface area contributed by atoms with Crippen molar-refractivity contribution in [1.82, 2.24) is 97.3 Å². The van der Waals surface area contributed by atoms with Gasteiger partial charge in [0.15, 0.2) is 0 Å². The number of aryl methyl sites for hydroxylation is 4. The van der Waals surface area contributed by atoms with Crippen LogP contribution in [0.5, 0.6) is 0 Å². The molecule has 30 nitrogen and oxygen atoms in total. The van der Waals surface area contributed by atoms with Crippen LogP contribution in [0.15, 0.2) is 110 Å². The van der Waals surface area contributed by atoms with Crippen LogP contribution in [0.25, 0.3) is 111 Å². The average molecular weight is 1930 g/mol. The minimum Gasteiger partial charge on any atom is -0.381 e. The molecule has 6 saturated heterocycles. The Morgan fingerprint density at radius 1 is 0.303 bits per heavy atom. The maximum Gasteiger partial charge on any atom is 0.245 e. The molecule has 10 aromatic heterocycles. The van der Waals surface area contributed by atoms with Crippen LogP contribution in [0.4, 0.5) is 17.6 Å². The summed E-state index contributed by atoms with van der Waals surface area (Å²) >= 11 is 0. The number of imidazole rings is 4. The molecular weight excluding hydrogens is 1810 g/mol. The van der Waals surface area contributed by atoms with E-state index in [1.807, 2.05) is 92.3 Å². The SMILES string of the molecule is C[C@@H]1C(=O)N(C)Cc2c(-c3c(F)ccc4cc(C5CCOCC5)ncc34)nc(C3CCOCC3)n21.C[C@H]1C(=O)N(C)Cc2c(-c3c(F)ccc4cc(C5CCOCC5)ncc34)nc(C3CCOCC3)n21.Cc1cc2c(-c3nc(C4CCOCC4)n4c3CN(C)C(=O)[C@@H]4C)c(F)ccc2nc1-c1cnn(C)c1.Cc1cc2c(-c3nc(C4CCOCC4)n4c3CN(C)C(=O)[C@H]4C)c(F)ccc2nc1-c1cnn(C)c1. The highest BCUT2D eigenvalue weighted by molar-refractivity contribution is 6.01. The Labute approximate surface area is 820 Å². The highest BCUT2D eigenvalue weighted by Crippen LogP contribution is 2.49. The van der Waals surface area contributed by atoms with Crippen LogP contribution < -0.4 is 0 Å². The van der Waals surface area contributed by atoms with Crippen molar-refractivity contribution in [3.8, 4) is 67.5 Å². The average Bonchev–Trinajstić information content (AvgIpc) is 1.55. The molecule has 4 atom stereocenters. The lowest BCUT2D eigenvalue weighted by atomic mass is 9.93. The highest BCUT2D eigenvalue weighted by Gasteiger charge is 2.44. The molecule has 10 aliphatic heterocycles. The van der Waals surface area contributed by atoms with E-state index in [2.05, 4.69) is 40.6 Å². The van der Waals surface area contributed by atoms with Gasteiger partial charge in [-0.15, -0.1) is 0 Å². The fourth-order valence-corrected chi connectivity index (χ4v) is 23.1. The second-order valence-electron chi connectivity index (χ2n) is 39.9. The summed E-state index contributed by atoms with van der Waals surface area (Å²) in [4.78, 5) is 98.1. The van der Waals surface area contributed by atoms with Gasteiger partial charge in [-0.3, -0.25) is 38.5 Å². The Morgan fingerprint density at radius 2 is 0.556 bits per heavy atom. The predicted octanol–water partition coefficient (Wildman–Crippen LogP) is 17.9. The fourth-order valence-electron chi connectivity index (χ4n) is 23.1. The summed E-state index contributed by atoms with van der Waals surface area (Å²) in [7, 11) is 10.9. The number of ether oxygens (including phenoxy) is 6.